The molecule has 1 aromatic rings. The summed E-state index contributed by atoms with van der Waals surface area (Å²) in [6.07, 6.45) is 0. The molecule has 1 aliphatic rings. The van der Waals surface area contributed by atoms with E-state index in [1.807, 2.05) is 0 Å². The van der Waals surface area contributed by atoms with Gasteiger partial charge in [-0.15, -0.1) is 0 Å². The summed E-state index contributed by atoms with van der Waals surface area (Å²) < 4.78 is 0. The van der Waals surface area contributed by atoms with E-state index in [0.29, 0.717) is 6.04 Å². The lowest BCUT2D eigenvalue weighted by Gasteiger charge is -2.46. The standard InChI is InChI=1S/C12H20N2S/c1-10(11-4-7-15-8-11)14-6-5-13-9-12(14,2)3/h4,7-8,10,13H,5-6,9H2,1-3H3. The Hall–Kier alpha value is -0.380. The van der Waals surface area contributed by atoms with E-state index >= 15 is 0 Å². The van der Waals surface area contributed by atoms with Crippen molar-refractivity contribution in [1.29, 1.82) is 0 Å². The molecule has 2 nitrogen and oxygen atoms in total. The van der Waals surface area contributed by atoms with Gasteiger partial charge in [0.15, 0.2) is 0 Å². The molecule has 1 aromatic heterocycles. The maximum atomic E-state index is 3.47. The Morgan fingerprint density at radius 1 is 1.53 bits per heavy atom. The number of rotatable bonds is 2. The highest BCUT2D eigenvalue weighted by molar-refractivity contribution is 7.07. The fourth-order valence-electron chi connectivity index (χ4n) is 2.41. The minimum absolute atomic E-state index is 0.263. The number of nitrogens with one attached hydrogen (secondary N) is 1. The lowest BCUT2D eigenvalue weighted by Crippen LogP contribution is -2.58. The molecule has 2 rings (SSSR count). The Kier molecular flexibility index (Phi) is 3.14. The maximum Gasteiger partial charge on any atom is 0.0334 e. The molecule has 0 aromatic carbocycles. The van der Waals surface area contributed by atoms with Gasteiger partial charge in [-0.3, -0.25) is 4.90 Å². The Morgan fingerprint density at radius 2 is 2.33 bits per heavy atom. The minimum Gasteiger partial charge on any atom is -0.314 e. The van der Waals surface area contributed by atoms with Gasteiger partial charge in [-0.2, -0.15) is 11.3 Å². The van der Waals surface area contributed by atoms with Crippen LogP contribution in [0.1, 0.15) is 32.4 Å². The van der Waals surface area contributed by atoms with Crippen LogP contribution in [0, 0.1) is 0 Å². The Bertz CT molecular complexity index is 305. The average molecular weight is 224 g/mol. The first-order valence-electron chi connectivity index (χ1n) is 5.61. The summed E-state index contributed by atoms with van der Waals surface area (Å²) in [6, 6.07) is 2.78. The summed E-state index contributed by atoms with van der Waals surface area (Å²) >= 11 is 1.79. The molecule has 0 radical (unpaired) electrons. The van der Waals surface area contributed by atoms with E-state index in [2.05, 4.69) is 47.8 Å². The van der Waals surface area contributed by atoms with Crippen LogP contribution >= 0.6 is 11.3 Å². The van der Waals surface area contributed by atoms with E-state index in [1.165, 1.54) is 5.56 Å². The van der Waals surface area contributed by atoms with Crippen molar-refractivity contribution in [2.45, 2.75) is 32.4 Å². The van der Waals surface area contributed by atoms with Gasteiger partial charge in [0.25, 0.3) is 0 Å². The fraction of sp³-hybridized carbons (Fsp3) is 0.667. The SMILES string of the molecule is CC(c1ccsc1)N1CCNCC1(C)C. The summed E-state index contributed by atoms with van der Waals surface area (Å²) in [7, 11) is 0. The third-order valence-electron chi connectivity index (χ3n) is 3.36. The first-order chi connectivity index (χ1) is 7.11. The van der Waals surface area contributed by atoms with Crippen LogP contribution in [-0.2, 0) is 0 Å². The molecule has 1 atom stereocenters. The zero-order valence-corrected chi connectivity index (χ0v) is 10.6. The second-order valence-corrected chi connectivity index (χ2v) is 5.70. The topological polar surface area (TPSA) is 15.3 Å². The monoisotopic (exact) mass is 224 g/mol. The number of nitrogens with zero attached hydrogens (tertiary/aromatic N) is 1. The predicted molar refractivity (Wildman–Crippen MR) is 66.4 cm³/mol. The van der Waals surface area contributed by atoms with Crippen molar-refractivity contribution < 1.29 is 0 Å². The number of thiophene rings is 1. The van der Waals surface area contributed by atoms with Gasteiger partial charge in [-0.05, 0) is 43.2 Å². The minimum atomic E-state index is 0.263. The molecule has 0 spiro atoms. The third kappa shape index (κ3) is 2.25. The number of hydrogen-bond acceptors (Lipinski definition) is 3. The van der Waals surface area contributed by atoms with E-state index in [1.54, 1.807) is 11.3 Å². The second kappa shape index (κ2) is 4.24. The molecule has 1 aliphatic heterocycles. The summed E-state index contributed by atoms with van der Waals surface area (Å²) in [4.78, 5) is 2.60. The van der Waals surface area contributed by atoms with Crippen LogP contribution in [-0.4, -0.2) is 30.1 Å². The molecule has 0 bridgehead atoms. The van der Waals surface area contributed by atoms with Crippen molar-refractivity contribution in [3.8, 4) is 0 Å². The van der Waals surface area contributed by atoms with Crippen LogP contribution in [0.4, 0.5) is 0 Å². The van der Waals surface area contributed by atoms with E-state index in [0.717, 1.165) is 19.6 Å². The van der Waals surface area contributed by atoms with Gasteiger partial charge in [-0.1, -0.05) is 0 Å². The molecule has 1 fully saturated rings. The van der Waals surface area contributed by atoms with Gasteiger partial charge in [0.1, 0.15) is 0 Å². The highest BCUT2D eigenvalue weighted by Gasteiger charge is 2.33. The third-order valence-corrected chi connectivity index (χ3v) is 4.06. The Labute approximate surface area is 96.3 Å². The molecule has 84 valence electrons. The maximum absolute atomic E-state index is 3.47. The zero-order chi connectivity index (χ0) is 10.9. The van der Waals surface area contributed by atoms with Gasteiger partial charge in [-0.25, -0.2) is 0 Å². The normalized spacial score (nSPS) is 23.9. The largest absolute Gasteiger partial charge is 0.314 e. The van der Waals surface area contributed by atoms with Crippen LogP contribution in [0.5, 0.6) is 0 Å². The van der Waals surface area contributed by atoms with Crippen LogP contribution in [0.2, 0.25) is 0 Å². The first kappa shape index (κ1) is 11.1. The molecule has 2 heterocycles. The van der Waals surface area contributed by atoms with Gasteiger partial charge in [0, 0.05) is 31.2 Å². The van der Waals surface area contributed by atoms with E-state index in [-0.39, 0.29) is 5.54 Å². The average Bonchev–Trinajstić information content (AvgIpc) is 2.69. The van der Waals surface area contributed by atoms with E-state index in [4.69, 9.17) is 0 Å². The van der Waals surface area contributed by atoms with Gasteiger partial charge in [0.05, 0.1) is 0 Å². The fourth-order valence-corrected chi connectivity index (χ4v) is 3.16. The van der Waals surface area contributed by atoms with Crippen molar-refractivity contribution in [3.63, 3.8) is 0 Å². The van der Waals surface area contributed by atoms with Gasteiger partial charge < -0.3 is 5.32 Å². The molecule has 0 saturated carbocycles. The highest BCUT2D eigenvalue weighted by Crippen LogP contribution is 2.29. The van der Waals surface area contributed by atoms with Crippen LogP contribution in [0.25, 0.3) is 0 Å². The van der Waals surface area contributed by atoms with Gasteiger partial charge >= 0.3 is 0 Å². The van der Waals surface area contributed by atoms with E-state index < -0.39 is 0 Å². The molecular weight excluding hydrogens is 204 g/mol. The molecule has 1 unspecified atom stereocenters. The lowest BCUT2D eigenvalue weighted by atomic mass is 9.96. The molecule has 0 aliphatic carbocycles. The van der Waals surface area contributed by atoms with Crippen molar-refractivity contribution in [2.75, 3.05) is 19.6 Å². The van der Waals surface area contributed by atoms with Crippen LogP contribution in [0.3, 0.4) is 0 Å². The van der Waals surface area contributed by atoms with E-state index in [9.17, 15) is 0 Å². The van der Waals surface area contributed by atoms with Crippen molar-refractivity contribution >= 4 is 11.3 Å². The molecule has 1 saturated heterocycles. The zero-order valence-electron chi connectivity index (χ0n) is 9.79. The Morgan fingerprint density at radius 3 is 2.93 bits per heavy atom. The lowest BCUT2D eigenvalue weighted by molar-refractivity contribution is 0.0518. The molecular formula is C12H20N2S. The van der Waals surface area contributed by atoms with Gasteiger partial charge in [0.2, 0.25) is 0 Å². The summed E-state index contributed by atoms with van der Waals surface area (Å²) in [5.41, 5.74) is 1.72. The summed E-state index contributed by atoms with van der Waals surface area (Å²) in [5, 5.41) is 7.90. The number of hydrogen-bond donors (Lipinski definition) is 1. The van der Waals surface area contributed by atoms with Crippen molar-refractivity contribution in [2.24, 2.45) is 0 Å². The second-order valence-electron chi connectivity index (χ2n) is 4.92. The van der Waals surface area contributed by atoms with Crippen molar-refractivity contribution in [3.05, 3.63) is 22.4 Å². The molecule has 1 N–H and O–H groups in total. The molecule has 0 amide bonds. The van der Waals surface area contributed by atoms with Crippen LogP contribution < -0.4 is 5.32 Å². The quantitative estimate of drug-likeness (QED) is 0.830. The smallest absolute Gasteiger partial charge is 0.0334 e. The van der Waals surface area contributed by atoms with Crippen LogP contribution in [0.15, 0.2) is 16.8 Å². The summed E-state index contributed by atoms with van der Waals surface area (Å²) in [5.74, 6) is 0. The summed E-state index contributed by atoms with van der Waals surface area (Å²) in [6.45, 7) is 10.3. The molecule has 15 heavy (non-hydrogen) atoms. The first-order valence-corrected chi connectivity index (χ1v) is 6.55. The highest BCUT2D eigenvalue weighted by atomic mass is 32.1. The number of piperazine rings is 1. The molecule has 3 heteroatoms. The predicted octanol–water partition coefficient (Wildman–Crippen LogP) is 2.49. The Balaban J connectivity index is 2.15. The van der Waals surface area contributed by atoms with Crippen molar-refractivity contribution in [1.82, 2.24) is 10.2 Å².